The maximum Gasteiger partial charge on any atom is 0.412 e. The van der Waals surface area contributed by atoms with Gasteiger partial charge < -0.3 is 20.1 Å². The van der Waals surface area contributed by atoms with Crippen LogP contribution in [0.5, 0.6) is 0 Å². The molecule has 0 aromatic heterocycles. The van der Waals surface area contributed by atoms with Crippen molar-refractivity contribution in [1.29, 1.82) is 0 Å². The lowest BCUT2D eigenvalue weighted by Crippen LogP contribution is -2.58. The molecule has 2 N–H and O–H groups in total. The normalized spacial score (nSPS) is 27.0. The van der Waals surface area contributed by atoms with Crippen LogP contribution in [-0.2, 0) is 15.1 Å². The van der Waals surface area contributed by atoms with Gasteiger partial charge in [-0.3, -0.25) is 4.79 Å². The third-order valence-corrected chi connectivity index (χ3v) is 7.34. The topological polar surface area (TPSA) is 78.9 Å². The van der Waals surface area contributed by atoms with E-state index in [4.69, 9.17) is 16.3 Å². The van der Waals surface area contributed by atoms with E-state index in [2.05, 4.69) is 11.9 Å². The number of alkyl carbamates (subject to hydrolysis) is 1. The number of hydrogen-bond donors (Lipinski definition) is 2. The molecular formula is C27H35ClN2O4. The number of hydrogen-bond acceptors (Lipinski definition) is 4. The number of ether oxygens (including phenoxy) is 1. The van der Waals surface area contributed by atoms with E-state index < -0.39 is 17.1 Å². The highest BCUT2D eigenvalue weighted by molar-refractivity contribution is 6.30. The first kappa shape index (κ1) is 26.0. The molecule has 184 valence electrons. The predicted octanol–water partition coefficient (Wildman–Crippen LogP) is 5.33. The number of amides is 2. The van der Waals surface area contributed by atoms with Crippen molar-refractivity contribution in [3.63, 3.8) is 0 Å². The fourth-order valence-corrected chi connectivity index (χ4v) is 5.18. The van der Waals surface area contributed by atoms with Gasteiger partial charge in [0.15, 0.2) is 0 Å². The maximum atomic E-state index is 13.5. The Balaban J connectivity index is 1.66. The molecule has 3 atom stereocenters. The number of piperidine rings is 1. The van der Waals surface area contributed by atoms with Gasteiger partial charge in [-0.05, 0) is 56.0 Å². The molecule has 1 heterocycles. The van der Waals surface area contributed by atoms with Gasteiger partial charge in [-0.25, -0.2) is 4.79 Å². The monoisotopic (exact) mass is 486 g/mol. The number of carbonyl (C=O) groups excluding carboxylic acids is 2. The van der Waals surface area contributed by atoms with Crippen molar-refractivity contribution >= 4 is 23.6 Å². The number of carbonyl (C=O) groups is 2. The summed E-state index contributed by atoms with van der Waals surface area (Å²) in [4.78, 5) is 27.8. The molecule has 34 heavy (non-hydrogen) atoms. The molecular weight excluding hydrogens is 452 g/mol. The van der Waals surface area contributed by atoms with Crippen LogP contribution in [0, 0.1) is 11.3 Å². The van der Waals surface area contributed by atoms with Gasteiger partial charge in [0.25, 0.3) is 0 Å². The van der Waals surface area contributed by atoms with Crippen molar-refractivity contribution in [3.05, 3.63) is 71.5 Å². The summed E-state index contributed by atoms with van der Waals surface area (Å²) in [6.07, 6.45) is 8.84. The minimum Gasteiger partial charge on any atom is -0.410 e. The third kappa shape index (κ3) is 5.56. The van der Waals surface area contributed by atoms with Crippen LogP contribution in [0.4, 0.5) is 4.79 Å². The van der Waals surface area contributed by atoms with Crippen LogP contribution in [0.3, 0.4) is 0 Å². The average molecular weight is 487 g/mol. The summed E-state index contributed by atoms with van der Waals surface area (Å²) in [5.74, 6) is 0.0509. The zero-order valence-electron chi connectivity index (χ0n) is 20.2. The number of nitrogens with zero attached hydrogens (tertiary/aromatic N) is 1. The minimum atomic E-state index is -1.06. The van der Waals surface area contributed by atoms with Gasteiger partial charge in [-0.2, -0.15) is 0 Å². The summed E-state index contributed by atoms with van der Waals surface area (Å²) in [6, 6.07) is 6.98. The second-order valence-electron chi connectivity index (χ2n) is 9.74. The molecule has 1 aliphatic heterocycles. The Labute approximate surface area is 207 Å². The lowest BCUT2D eigenvalue weighted by molar-refractivity contribution is -0.156. The van der Waals surface area contributed by atoms with Crippen LogP contribution in [0.15, 0.2) is 60.9 Å². The number of likely N-dealkylation sites (tertiary alicyclic amines) is 1. The molecule has 0 bridgehead atoms. The van der Waals surface area contributed by atoms with Gasteiger partial charge in [0, 0.05) is 29.6 Å². The SMILES string of the molecule is C=C/C(=C\C=C/C)OC(=O)N[C@@H]1CCC[C@@H]1C(=O)N1CC[C@](O)(c2ccc(Cl)cc2)C(C)(C)C1. The van der Waals surface area contributed by atoms with Crippen LogP contribution in [0.1, 0.15) is 52.0 Å². The lowest BCUT2D eigenvalue weighted by atomic mass is 9.66. The minimum absolute atomic E-state index is 0.0161. The third-order valence-electron chi connectivity index (χ3n) is 7.08. The Morgan fingerprint density at radius 1 is 1.26 bits per heavy atom. The molecule has 3 rings (SSSR count). The number of aliphatic hydroxyl groups is 1. The van der Waals surface area contributed by atoms with Gasteiger partial charge in [0.1, 0.15) is 5.76 Å². The van der Waals surface area contributed by atoms with E-state index in [1.165, 1.54) is 6.08 Å². The van der Waals surface area contributed by atoms with E-state index in [0.29, 0.717) is 36.7 Å². The van der Waals surface area contributed by atoms with Crippen molar-refractivity contribution in [1.82, 2.24) is 10.2 Å². The largest absolute Gasteiger partial charge is 0.412 e. The predicted molar refractivity (Wildman–Crippen MR) is 134 cm³/mol. The fourth-order valence-electron chi connectivity index (χ4n) is 5.06. The highest BCUT2D eigenvalue weighted by atomic mass is 35.5. The highest BCUT2D eigenvalue weighted by Crippen LogP contribution is 2.46. The number of rotatable bonds is 6. The summed E-state index contributed by atoms with van der Waals surface area (Å²) in [7, 11) is 0. The lowest BCUT2D eigenvalue weighted by Gasteiger charge is -2.51. The molecule has 6 nitrogen and oxygen atoms in total. The van der Waals surface area contributed by atoms with E-state index in [1.54, 1.807) is 24.3 Å². The van der Waals surface area contributed by atoms with Crippen LogP contribution in [0.25, 0.3) is 0 Å². The Bertz CT molecular complexity index is 969. The van der Waals surface area contributed by atoms with E-state index >= 15 is 0 Å². The molecule has 1 saturated heterocycles. The van der Waals surface area contributed by atoms with Crippen molar-refractivity contribution in [3.8, 4) is 0 Å². The van der Waals surface area contributed by atoms with E-state index in [0.717, 1.165) is 18.4 Å². The zero-order chi connectivity index (χ0) is 24.9. The summed E-state index contributed by atoms with van der Waals surface area (Å²) >= 11 is 6.03. The Morgan fingerprint density at radius 2 is 1.97 bits per heavy atom. The zero-order valence-corrected chi connectivity index (χ0v) is 21.0. The number of allylic oxidation sites excluding steroid dienone is 4. The van der Waals surface area contributed by atoms with Crippen LogP contribution >= 0.6 is 11.6 Å². The van der Waals surface area contributed by atoms with E-state index in [1.807, 2.05) is 43.9 Å². The highest BCUT2D eigenvalue weighted by Gasteiger charge is 2.50. The number of nitrogens with one attached hydrogen (secondary N) is 1. The summed E-state index contributed by atoms with van der Waals surface area (Å²) in [5.41, 5.74) is -0.821. The summed E-state index contributed by atoms with van der Waals surface area (Å²) in [5, 5.41) is 15.1. The molecule has 2 fully saturated rings. The fraction of sp³-hybridized carbons (Fsp3) is 0.481. The van der Waals surface area contributed by atoms with Crippen molar-refractivity contribution < 1.29 is 19.4 Å². The first-order valence-corrected chi connectivity index (χ1v) is 12.2. The molecule has 0 spiro atoms. The van der Waals surface area contributed by atoms with Gasteiger partial charge in [-0.1, -0.05) is 62.7 Å². The Morgan fingerprint density at radius 3 is 2.59 bits per heavy atom. The quantitative estimate of drug-likeness (QED) is 0.421. The molecule has 2 aliphatic rings. The van der Waals surface area contributed by atoms with E-state index in [-0.39, 0.29) is 17.9 Å². The molecule has 0 radical (unpaired) electrons. The van der Waals surface area contributed by atoms with Crippen molar-refractivity contribution in [2.24, 2.45) is 11.3 Å². The van der Waals surface area contributed by atoms with Crippen molar-refractivity contribution in [2.45, 2.75) is 58.1 Å². The van der Waals surface area contributed by atoms with Crippen molar-refractivity contribution in [2.75, 3.05) is 13.1 Å². The molecule has 7 heteroatoms. The van der Waals surface area contributed by atoms with Gasteiger partial charge in [0.05, 0.1) is 11.5 Å². The number of halogens is 1. The molecule has 1 aromatic rings. The van der Waals surface area contributed by atoms with E-state index in [9.17, 15) is 14.7 Å². The maximum absolute atomic E-state index is 13.5. The Kier molecular flexibility index (Phi) is 8.26. The van der Waals surface area contributed by atoms with Crippen LogP contribution in [0.2, 0.25) is 5.02 Å². The first-order valence-electron chi connectivity index (χ1n) is 11.8. The second-order valence-corrected chi connectivity index (χ2v) is 10.2. The molecule has 1 saturated carbocycles. The molecule has 2 amide bonds. The van der Waals surface area contributed by atoms with Gasteiger partial charge in [-0.15, -0.1) is 0 Å². The molecule has 1 aromatic carbocycles. The van der Waals surface area contributed by atoms with Gasteiger partial charge in [0.2, 0.25) is 5.91 Å². The smallest absolute Gasteiger partial charge is 0.410 e. The van der Waals surface area contributed by atoms with Gasteiger partial charge >= 0.3 is 6.09 Å². The van der Waals surface area contributed by atoms with Crippen LogP contribution in [-0.4, -0.2) is 41.1 Å². The first-order chi connectivity index (χ1) is 16.1. The summed E-state index contributed by atoms with van der Waals surface area (Å²) < 4.78 is 5.33. The second kappa shape index (κ2) is 10.8. The molecule has 0 unspecified atom stereocenters. The average Bonchev–Trinajstić information content (AvgIpc) is 3.26. The Hall–Kier alpha value is -2.57. The summed E-state index contributed by atoms with van der Waals surface area (Å²) in [6.45, 7) is 10.4. The standard InChI is InChI=1S/C27H35ClN2O4/c1-5-7-9-21(6-2)34-25(32)29-23-11-8-10-22(23)24(31)30-17-16-27(33,26(3,4)18-30)19-12-14-20(28)15-13-19/h5-7,9,12-15,22-23,33H,2,8,10-11,16-18H2,1,3-4H3,(H,29,32)/b7-5-,21-9+/t22-,23+,27-/m0/s1. The number of benzene rings is 1. The molecule has 1 aliphatic carbocycles. The van der Waals surface area contributed by atoms with Crippen LogP contribution < -0.4 is 5.32 Å².